The number of pyridine rings is 1. The van der Waals surface area contributed by atoms with Crippen molar-refractivity contribution in [2.75, 3.05) is 40.0 Å². The Kier molecular flexibility index (Phi) is 8.24. The number of methoxy groups -OCH3 is 1. The Bertz CT molecular complexity index is 1330. The molecule has 1 unspecified atom stereocenters. The van der Waals surface area contributed by atoms with Crippen molar-refractivity contribution < 1.29 is 14.2 Å². The predicted octanol–water partition coefficient (Wildman–Crippen LogP) is 4.25. The molecule has 202 valence electrons. The van der Waals surface area contributed by atoms with Crippen LogP contribution in [0.1, 0.15) is 43.4 Å². The summed E-state index contributed by atoms with van der Waals surface area (Å²) in [6, 6.07) is 13.2. The molecular formula is C29H36N4O5. The van der Waals surface area contributed by atoms with Crippen LogP contribution in [0.4, 0.5) is 0 Å². The molecule has 1 atom stereocenters. The van der Waals surface area contributed by atoms with Gasteiger partial charge in [0.1, 0.15) is 25.0 Å². The Labute approximate surface area is 222 Å². The first-order valence-corrected chi connectivity index (χ1v) is 13.5. The van der Waals surface area contributed by atoms with E-state index in [1.165, 1.54) is 5.56 Å². The molecule has 0 aliphatic carbocycles. The van der Waals surface area contributed by atoms with E-state index in [1.807, 2.05) is 25.1 Å². The summed E-state index contributed by atoms with van der Waals surface area (Å²) < 4.78 is 18.6. The van der Waals surface area contributed by atoms with Crippen LogP contribution in [0.25, 0.3) is 10.9 Å². The second-order valence-electron chi connectivity index (χ2n) is 9.98. The summed E-state index contributed by atoms with van der Waals surface area (Å²) in [6.07, 6.45) is 2.69. The summed E-state index contributed by atoms with van der Waals surface area (Å²) >= 11 is 0. The Morgan fingerprint density at radius 2 is 1.84 bits per heavy atom. The zero-order valence-electron chi connectivity index (χ0n) is 22.2. The molecule has 1 N–H and O–H groups in total. The van der Waals surface area contributed by atoms with Crippen molar-refractivity contribution in [1.29, 1.82) is 0 Å². The van der Waals surface area contributed by atoms with Crippen LogP contribution in [0, 0.1) is 4.91 Å². The van der Waals surface area contributed by atoms with Crippen LogP contribution in [-0.2, 0) is 13.1 Å². The molecule has 5 rings (SSSR count). The fourth-order valence-electron chi connectivity index (χ4n) is 5.44. The lowest BCUT2D eigenvalue weighted by Gasteiger charge is -2.32. The zero-order chi connectivity index (χ0) is 26.5. The number of nitrogens with zero attached hydrogens (tertiary/aromatic N) is 3. The van der Waals surface area contributed by atoms with Crippen molar-refractivity contribution in [2.45, 2.75) is 51.4 Å². The van der Waals surface area contributed by atoms with Gasteiger partial charge in [0.25, 0.3) is 5.56 Å². The molecule has 0 radical (unpaired) electrons. The van der Waals surface area contributed by atoms with Gasteiger partial charge in [-0.25, -0.2) is 0 Å². The number of ether oxygens (including phenoxy) is 3. The number of nitroso groups, excluding NO2 is 1. The van der Waals surface area contributed by atoms with Crippen LogP contribution >= 0.6 is 0 Å². The van der Waals surface area contributed by atoms with Gasteiger partial charge in [-0.1, -0.05) is 18.2 Å². The molecule has 2 aromatic carbocycles. The second-order valence-corrected chi connectivity index (χ2v) is 9.98. The highest BCUT2D eigenvalue weighted by Crippen LogP contribution is 2.33. The van der Waals surface area contributed by atoms with Crippen LogP contribution in [-0.4, -0.2) is 55.5 Å². The van der Waals surface area contributed by atoms with Crippen LogP contribution in [0.15, 0.2) is 52.4 Å². The standard InChI is InChI=1S/C29H36N4O5/c1-3-25(31-35)24-17-22(36-2)18-26-23(24)5-7-29(34)33(26)13-12-32-10-8-21(9-11-32)30-19-20-4-6-27-28(16-20)38-15-14-37-27/h4-7,16-18,21,25,30H,3,8-15,19H2,1-2H3. The van der Waals surface area contributed by atoms with Crippen LogP contribution in [0.3, 0.4) is 0 Å². The normalized spacial score (nSPS) is 16.9. The Hall–Kier alpha value is -3.43. The van der Waals surface area contributed by atoms with Crippen molar-refractivity contribution in [1.82, 2.24) is 14.8 Å². The minimum atomic E-state index is -0.479. The summed E-state index contributed by atoms with van der Waals surface area (Å²) in [5.74, 6) is 2.27. The highest BCUT2D eigenvalue weighted by atomic mass is 16.6. The van der Waals surface area contributed by atoms with Crippen LogP contribution < -0.4 is 25.1 Å². The highest BCUT2D eigenvalue weighted by Gasteiger charge is 2.21. The molecule has 0 saturated carbocycles. The van der Waals surface area contributed by atoms with E-state index < -0.39 is 6.04 Å². The van der Waals surface area contributed by atoms with Crippen molar-refractivity contribution in [3.8, 4) is 17.2 Å². The molecule has 0 spiro atoms. The quantitative estimate of drug-likeness (QED) is 0.399. The van der Waals surface area contributed by atoms with Gasteiger partial charge in [-0.15, -0.1) is 0 Å². The molecule has 1 saturated heterocycles. The van der Waals surface area contributed by atoms with Crippen LogP contribution in [0.5, 0.6) is 17.2 Å². The number of aromatic nitrogens is 1. The smallest absolute Gasteiger partial charge is 0.251 e. The number of fused-ring (bicyclic) bond motifs is 2. The average molecular weight is 521 g/mol. The first-order valence-electron chi connectivity index (χ1n) is 13.5. The maximum absolute atomic E-state index is 12.9. The number of likely N-dealkylation sites (tertiary alicyclic amines) is 1. The average Bonchev–Trinajstić information content (AvgIpc) is 2.96. The van der Waals surface area contributed by atoms with Crippen molar-refractivity contribution >= 4 is 10.9 Å². The number of piperidine rings is 1. The molecule has 2 aliphatic rings. The fourth-order valence-corrected chi connectivity index (χ4v) is 5.44. The fraction of sp³-hybridized carbons (Fsp3) is 0.483. The van der Waals surface area contributed by atoms with Gasteiger partial charge in [0, 0.05) is 43.2 Å². The maximum Gasteiger partial charge on any atom is 0.251 e. The molecule has 1 aromatic heterocycles. The van der Waals surface area contributed by atoms with E-state index in [0.29, 0.717) is 38.0 Å². The molecule has 1 fully saturated rings. The second kappa shape index (κ2) is 12.0. The zero-order valence-corrected chi connectivity index (χ0v) is 22.2. The van der Waals surface area contributed by atoms with E-state index in [1.54, 1.807) is 23.8 Å². The summed E-state index contributed by atoms with van der Waals surface area (Å²) in [5, 5.41) is 7.88. The number of nitrogens with one attached hydrogen (secondary N) is 1. The SMILES string of the molecule is CCC(N=O)c1cc(OC)cc2c1ccc(=O)n2CCN1CCC(NCc2ccc3c(c2)OCCO3)CC1. The summed E-state index contributed by atoms with van der Waals surface area (Å²) in [5.41, 5.74) is 2.72. The van der Waals surface area contributed by atoms with Gasteiger partial charge in [0.05, 0.1) is 12.6 Å². The van der Waals surface area contributed by atoms with Gasteiger partial charge in [-0.05, 0) is 67.7 Å². The van der Waals surface area contributed by atoms with Crippen molar-refractivity contribution in [3.05, 3.63) is 68.9 Å². The summed E-state index contributed by atoms with van der Waals surface area (Å²) in [6.45, 7) is 7.22. The van der Waals surface area contributed by atoms with Gasteiger partial charge >= 0.3 is 0 Å². The van der Waals surface area contributed by atoms with Gasteiger partial charge in [0.15, 0.2) is 11.5 Å². The molecule has 0 bridgehead atoms. The summed E-state index contributed by atoms with van der Waals surface area (Å²) in [4.78, 5) is 26.8. The number of rotatable bonds is 10. The predicted molar refractivity (Wildman–Crippen MR) is 147 cm³/mol. The maximum atomic E-state index is 12.9. The number of hydrogen-bond acceptors (Lipinski definition) is 8. The van der Waals surface area contributed by atoms with Crippen molar-refractivity contribution in [3.63, 3.8) is 0 Å². The first kappa shape index (κ1) is 26.2. The Morgan fingerprint density at radius 3 is 2.58 bits per heavy atom. The van der Waals surface area contributed by atoms with Gasteiger partial charge in [-0.3, -0.25) is 4.79 Å². The molecular weight excluding hydrogens is 484 g/mol. The molecule has 38 heavy (non-hydrogen) atoms. The molecule has 2 aliphatic heterocycles. The molecule has 3 aromatic rings. The van der Waals surface area contributed by atoms with E-state index in [4.69, 9.17) is 14.2 Å². The molecule has 3 heterocycles. The van der Waals surface area contributed by atoms with E-state index in [9.17, 15) is 9.70 Å². The summed E-state index contributed by atoms with van der Waals surface area (Å²) in [7, 11) is 1.59. The monoisotopic (exact) mass is 520 g/mol. The lowest BCUT2D eigenvalue weighted by molar-refractivity contribution is 0.171. The molecule has 9 nitrogen and oxygen atoms in total. The Balaban J connectivity index is 1.20. The number of benzene rings is 2. The first-order chi connectivity index (χ1) is 18.6. The molecule has 0 amide bonds. The van der Waals surface area contributed by atoms with E-state index >= 15 is 0 Å². The van der Waals surface area contributed by atoms with E-state index in [0.717, 1.165) is 67.0 Å². The number of hydrogen-bond donors (Lipinski definition) is 1. The van der Waals surface area contributed by atoms with E-state index in [2.05, 4.69) is 27.5 Å². The third-order valence-corrected chi connectivity index (χ3v) is 7.65. The third kappa shape index (κ3) is 5.68. The van der Waals surface area contributed by atoms with Crippen LogP contribution in [0.2, 0.25) is 0 Å². The van der Waals surface area contributed by atoms with Gasteiger partial charge in [0.2, 0.25) is 0 Å². The minimum Gasteiger partial charge on any atom is -0.497 e. The third-order valence-electron chi connectivity index (χ3n) is 7.65. The van der Waals surface area contributed by atoms with Gasteiger partial charge < -0.3 is 29.0 Å². The molecule has 9 heteroatoms. The van der Waals surface area contributed by atoms with Gasteiger partial charge in [-0.2, -0.15) is 4.91 Å². The minimum absolute atomic E-state index is 0.0557. The largest absolute Gasteiger partial charge is 0.497 e. The van der Waals surface area contributed by atoms with Crippen molar-refractivity contribution in [2.24, 2.45) is 5.18 Å². The highest BCUT2D eigenvalue weighted by molar-refractivity contribution is 5.85. The van der Waals surface area contributed by atoms with E-state index in [-0.39, 0.29) is 5.56 Å². The lowest BCUT2D eigenvalue weighted by Crippen LogP contribution is -2.43. The Morgan fingerprint density at radius 1 is 1.05 bits per heavy atom. The lowest BCUT2D eigenvalue weighted by atomic mass is 9.99. The topological polar surface area (TPSA) is 94.4 Å².